The molecule has 3 aromatic heterocycles. The second-order valence-electron chi connectivity index (χ2n) is 11.2. The molecule has 2 saturated carbocycles. The van der Waals surface area contributed by atoms with Crippen molar-refractivity contribution in [2.75, 3.05) is 0 Å². The summed E-state index contributed by atoms with van der Waals surface area (Å²) in [4.78, 5) is 29.5. The number of hydrogen-bond acceptors (Lipinski definition) is 7. The summed E-state index contributed by atoms with van der Waals surface area (Å²) in [5, 5.41) is 22.0. The normalized spacial score (nSPS) is 17.8. The molecule has 2 amide bonds. The molecule has 0 spiro atoms. The van der Waals surface area contributed by atoms with Gasteiger partial charge in [0.15, 0.2) is 11.4 Å². The molecule has 2 aliphatic carbocycles. The Morgan fingerprint density at radius 1 is 0.878 bits per heavy atom. The van der Waals surface area contributed by atoms with E-state index >= 15 is 0 Å². The molecule has 6 rings (SSSR count). The second-order valence-corrected chi connectivity index (χ2v) is 11.2. The van der Waals surface area contributed by atoms with Gasteiger partial charge in [-0.1, -0.05) is 41.6 Å². The average molecular weight is 554 g/mol. The quantitative estimate of drug-likeness (QED) is 0.242. The lowest BCUT2D eigenvalue weighted by Crippen LogP contribution is -2.23. The highest BCUT2D eigenvalue weighted by atomic mass is 16.2. The Hall–Kier alpha value is -4.41. The first-order valence-corrected chi connectivity index (χ1v) is 14.4. The van der Waals surface area contributed by atoms with Crippen LogP contribution in [0.4, 0.5) is 0 Å². The third-order valence-corrected chi connectivity index (χ3v) is 7.83. The van der Waals surface area contributed by atoms with Crippen molar-refractivity contribution in [1.29, 1.82) is 0 Å². The number of amides is 2. The van der Waals surface area contributed by atoms with E-state index in [1.54, 1.807) is 21.8 Å². The Kier molecular flexibility index (Phi) is 7.84. The van der Waals surface area contributed by atoms with Crippen molar-refractivity contribution in [3.8, 4) is 0 Å². The fourth-order valence-electron chi connectivity index (χ4n) is 5.09. The highest BCUT2D eigenvalue weighted by molar-refractivity contribution is 5.92. The fourth-order valence-corrected chi connectivity index (χ4v) is 5.09. The molecule has 0 saturated heterocycles. The molecule has 4 aromatic rings. The van der Waals surface area contributed by atoms with E-state index in [-0.39, 0.29) is 17.5 Å². The van der Waals surface area contributed by atoms with E-state index < -0.39 is 0 Å². The molecule has 2 fully saturated rings. The molecule has 1 aromatic carbocycles. The third-order valence-electron chi connectivity index (χ3n) is 7.83. The summed E-state index contributed by atoms with van der Waals surface area (Å²) >= 11 is 0. The van der Waals surface area contributed by atoms with E-state index in [0.29, 0.717) is 43.7 Å². The Morgan fingerprint density at radius 2 is 1.54 bits per heavy atom. The number of aromatic nitrogens is 7. The molecule has 2 N–H and O–H groups in total. The minimum atomic E-state index is -0.271. The van der Waals surface area contributed by atoms with Crippen molar-refractivity contribution in [3.63, 3.8) is 0 Å². The Labute approximate surface area is 238 Å². The van der Waals surface area contributed by atoms with Gasteiger partial charge in [0.05, 0.1) is 24.6 Å². The maximum Gasteiger partial charge on any atom is 0.273 e. The van der Waals surface area contributed by atoms with Gasteiger partial charge < -0.3 is 10.6 Å². The zero-order valence-electron chi connectivity index (χ0n) is 23.2. The molecule has 3 heterocycles. The minimum Gasteiger partial charge on any atom is -0.347 e. The highest BCUT2D eigenvalue weighted by Gasteiger charge is 2.34. The largest absolute Gasteiger partial charge is 0.347 e. The van der Waals surface area contributed by atoms with Crippen LogP contribution in [-0.2, 0) is 26.2 Å². The number of nitrogens with one attached hydrogen (secondary N) is 2. The summed E-state index contributed by atoms with van der Waals surface area (Å²) < 4.78 is 3.34. The lowest BCUT2D eigenvalue weighted by atomic mass is 10.1. The second kappa shape index (κ2) is 12.0. The predicted molar refractivity (Wildman–Crippen MR) is 151 cm³/mol. The summed E-state index contributed by atoms with van der Waals surface area (Å²) in [6.07, 6.45) is 10.5. The highest BCUT2D eigenvalue weighted by Crippen LogP contribution is 2.46. The minimum absolute atomic E-state index is 0.234. The van der Waals surface area contributed by atoms with E-state index in [2.05, 4.69) is 67.4 Å². The fraction of sp³-hybridized carbons (Fsp3) is 0.433. The summed E-state index contributed by atoms with van der Waals surface area (Å²) in [6.45, 7) is 4.31. The first kappa shape index (κ1) is 26.8. The van der Waals surface area contributed by atoms with E-state index in [1.165, 1.54) is 30.4 Å². The molecule has 41 heavy (non-hydrogen) atoms. The van der Waals surface area contributed by atoms with Crippen LogP contribution in [0.3, 0.4) is 0 Å². The number of benzene rings is 1. The van der Waals surface area contributed by atoms with Crippen molar-refractivity contribution in [3.05, 3.63) is 88.8 Å². The van der Waals surface area contributed by atoms with Gasteiger partial charge in [0.2, 0.25) is 0 Å². The standard InChI is InChI=1S/C30H35N9O2/c1-20-13-26(20)24-9-10-31-25(15-24)17-33-30(41)28-19-39(37-35-28)12-3-2-11-38-18-27(34-36-38)29(40)32-16-21-5-4-6-23(14-21)22-7-8-22/h4-6,9-10,14-15,18-20,22,26H,2-3,7-8,11-13,16-17H2,1H3,(H,32,40)(H,33,41). The van der Waals surface area contributed by atoms with Gasteiger partial charge in [-0.3, -0.25) is 23.9 Å². The van der Waals surface area contributed by atoms with Gasteiger partial charge in [-0.15, -0.1) is 10.2 Å². The molecule has 11 nitrogen and oxygen atoms in total. The molecule has 11 heteroatoms. The first-order chi connectivity index (χ1) is 20.0. The summed E-state index contributed by atoms with van der Waals surface area (Å²) in [5.74, 6) is 1.52. The van der Waals surface area contributed by atoms with E-state index in [1.807, 2.05) is 18.3 Å². The smallest absolute Gasteiger partial charge is 0.273 e. The van der Waals surface area contributed by atoms with Crippen molar-refractivity contribution >= 4 is 11.8 Å². The van der Waals surface area contributed by atoms with Gasteiger partial charge in [0, 0.05) is 25.8 Å². The average Bonchev–Trinajstić information content (AvgIpc) is 3.87. The molecule has 2 atom stereocenters. The van der Waals surface area contributed by atoms with Crippen LogP contribution < -0.4 is 10.6 Å². The molecular weight excluding hydrogens is 518 g/mol. The SMILES string of the molecule is CC1CC1c1ccnc(CNC(=O)c2cn(CCCCn3cc(C(=O)NCc4cccc(C5CC5)c4)nn3)nn2)c1. The van der Waals surface area contributed by atoms with Crippen LogP contribution in [0.1, 0.15) is 94.2 Å². The van der Waals surface area contributed by atoms with Gasteiger partial charge >= 0.3 is 0 Å². The number of hydrogen-bond donors (Lipinski definition) is 2. The van der Waals surface area contributed by atoms with Crippen LogP contribution in [0, 0.1) is 5.92 Å². The van der Waals surface area contributed by atoms with E-state index in [4.69, 9.17) is 0 Å². The van der Waals surface area contributed by atoms with Gasteiger partial charge in [0.1, 0.15) is 0 Å². The maximum absolute atomic E-state index is 12.6. The number of carbonyl (C=O) groups is 2. The summed E-state index contributed by atoms with van der Waals surface area (Å²) in [7, 11) is 0. The molecule has 0 aliphatic heterocycles. The number of rotatable bonds is 13. The van der Waals surface area contributed by atoms with Gasteiger partial charge in [-0.25, -0.2) is 0 Å². The van der Waals surface area contributed by atoms with Crippen LogP contribution in [0.15, 0.2) is 55.0 Å². The Morgan fingerprint density at radius 3 is 2.17 bits per heavy atom. The molecule has 212 valence electrons. The molecular formula is C30H35N9O2. The lowest BCUT2D eigenvalue weighted by Gasteiger charge is -2.05. The van der Waals surface area contributed by atoms with Crippen molar-refractivity contribution in [2.24, 2.45) is 5.92 Å². The third kappa shape index (κ3) is 7.03. The predicted octanol–water partition coefficient (Wildman–Crippen LogP) is 3.61. The topological polar surface area (TPSA) is 133 Å². The zero-order valence-corrected chi connectivity index (χ0v) is 23.2. The van der Waals surface area contributed by atoms with Crippen LogP contribution in [0.5, 0.6) is 0 Å². The summed E-state index contributed by atoms with van der Waals surface area (Å²) in [5.41, 5.74) is 5.16. The van der Waals surface area contributed by atoms with E-state index in [0.717, 1.165) is 30.0 Å². The molecule has 0 radical (unpaired) electrons. The summed E-state index contributed by atoms with van der Waals surface area (Å²) in [6, 6.07) is 12.5. The van der Waals surface area contributed by atoms with Crippen molar-refractivity contribution in [1.82, 2.24) is 45.6 Å². The molecule has 2 unspecified atom stereocenters. The maximum atomic E-state index is 12.6. The van der Waals surface area contributed by atoms with Crippen molar-refractivity contribution < 1.29 is 9.59 Å². The van der Waals surface area contributed by atoms with E-state index in [9.17, 15) is 9.59 Å². The Balaban J connectivity index is 0.901. The Bertz CT molecular complexity index is 1520. The number of aryl methyl sites for hydroxylation is 2. The van der Waals surface area contributed by atoms with Gasteiger partial charge in [0.25, 0.3) is 11.8 Å². The van der Waals surface area contributed by atoms with Crippen LogP contribution in [0.25, 0.3) is 0 Å². The van der Waals surface area contributed by atoms with Crippen LogP contribution in [0.2, 0.25) is 0 Å². The first-order valence-electron chi connectivity index (χ1n) is 14.4. The van der Waals surface area contributed by atoms with Crippen LogP contribution >= 0.6 is 0 Å². The lowest BCUT2D eigenvalue weighted by molar-refractivity contribution is 0.0937. The number of nitrogens with zero attached hydrogens (tertiary/aromatic N) is 7. The van der Waals surface area contributed by atoms with Gasteiger partial charge in [-0.05, 0) is 78.7 Å². The van der Waals surface area contributed by atoms with Gasteiger partial charge in [-0.2, -0.15) is 0 Å². The van der Waals surface area contributed by atoms with Crippen LogP contribution in [-0.4, -0.2) is 46.8 Å². The number of carbonyl (C=O) groups excluding carboxylic acids is 2. The monoisotopic (exact) mass is 553 g/mol. The van der Waals surface area contributed by atoms with Crippen molar-refractivity contribution in [2.45, 2.75) is 77.0 Å². The number of unbranched alkanes of at least 4 members (excludes halogenated alkanes) is 1. The molecule has 2 aliphatic rings. The molecule has 0 bridgehead atoms. The number of pyridine rings is 1. The zero-order chi connectivity index (χ0) is 28.2.